The first-order valence-corrected chi connectivity index (χ1v) is 9.38. The molecule has 0 saturated carbocycles. The van der Waals surface area contributed by atoms with Gasteiger partial charge in [0.2, 0.25) is 0 Å². The second-order valence-electron chi connectivity index (χ2n) is 5.69. The van der Waals surface area contributed by atoms with Crippen molar-refractivity contribution in [1.82, 2.24) is 0 Å². The second-order valence-corrected chi connectivity index (χ2v) is 7.52. The van der Waals surface area contributed by atoms with Crippen molar-refractivity contribution in [3.05, 3.63) is 79.9 Å². The Morgan fingerprint density at radius 1 is 1.08 bits per heavy atom. The van der Waals surface area contributed by atoms with Crippen LogP contribution in [0.3, 0.4) is 0 Å². The molecule has 1 heterocycles. The summed E-state index contributed by atoms with van der Waals surface area (Å²) in [5.74, 6) is -0.796. The number of carbonyl (C=O) groups is 2. The number of halogens is 2. The molecule has 0 aromatic heterocycles. The minimum Gasteiger partial charge on any atom is -0.465 e. The van der Waals surface area contributed by atoms with E-state index in [1.807, 2.05) is 48.5 Å². The summed E-state index contributed by atoms with van der Waals surface area (Å²) in [5.41, 5.74) is 2.63. The zero-order valence-corrected chi connectivity index (χ0v) is 17.3. The average molecular weight is 477 g/mol. The van der Waals surface area contributed by atoms with E-state index in [0.29, 0.717) is 17.0 Å². The Morgan fingerprint density at radius 2 is 1.73 bits per heavy atom. The van der Waals surface area contributed by atoms with Crippen LogP contribution in [-0.4, -0.2) is 19.0 Å². The van der Waals surface area contributed by atoms with Crippen LogP contribution in [0.15, 0.2) is 74.3 Å². The van der Waals surface area contributed by atoms with Gasteiger partial charge in [-0.3, -0.25) is 9.69 Å². The van der Waals surface area contributed by atoms with Gasteiger partial charge in [-0.05, 0) is 48.9 Å². The van der Waals surface area contributed by atoms with E-state index in [0.717, 1.165) is 14.5 Å². The maximum atomic E-state index is 13.1. The maximum Gasteiger partial charge on any atom is 0.340 e. The largest absolute Gasteiger partial charge is 0.465 e. The standard InChI is InChI=1S/C20H15Br2NO3/c1-12-18(20(25)26-2)17(10-13-5-3-6-14(21)9-13)19(24)23(12)16-8-4-7-15(22)11-16/h3-11H,1-2H3/b17-10-. The lowest BCUT2D eigenvalue weighted by atomic mass is 10.0. The fraction of sp³-hybridized carbons (Fsp3) is 0.100. The van der Waals surface area contributed by atoms with Crippen molar-refractivity contribution in [2.24, 2.45) is 0 Å². The van der Waals surface area contributed by atoms with Crippen molar-refractivity contribution in [3.63, 3.8) is 0 Å². The highest BCUT2D eigenvalue weighted by Gasteiger charge is 2.37. The van der Waals surface area contributed by atoms with Crippen LogP contribution in [0.5, 0.6) is 0 Å². The third-order valence-electron chi connectivity index (χ3n) is 4.02. The SMILES string of the molecule is COC(=O)C1=C(C)N(c2cccc(Br)c2)C(=O)/C1=C\c1cccc(Br)c1. The summed E-state index contributed by atoms with van der Waals surface area (Å²) in [6, 6.07) is 14.9. The predicted molar refractivity (Wildman–Crippen MR) is 108 cm³/mol. The number of carbonyl (C=O) groups excluding carboxylic acids is 2. The number of allylic oxidation sites excluding steroid dienone is 1. The van der Waals surface area contributed by atoms with Crippen LogP contribution in [0.2, 0.25) is 0 Å². The number of methoxy groups -OCH3 is 1. The molecule has 0 saturated heterocycles. The Bertz CT molecular complexity index is 963. The molecular formula is C20H15Br2NO3. The second kappa shape index (κ2) is 7.60. The molecule has 2 aromatic carbocycles. The molecule has 0 radical (unpaired) electrons. The Balaban J connectivity index is 2.15. The van der Waals surface area contributed by atoms with E-state index in [1.54, 1.807) is 13.0 Å². The molecule has 3 rings (SSSR count). The third-order valence-corrected chi connectivity index (χ3v) is 5.00. The summed E-state index contributed by atoms with van der Waals surface area (Å²) >= 11 is 6.84. The molecule has 4 nitrogen and oxygen atoms in total. The van der Waals surface area contributed by atoms with Crippen LogP contribution in [0.4, 0.5) is 5.69 Å². The van der Waals surface area contributed by atoms with Crippen LogP contribution < -0.4 is 4.90 Å². The van der Waals surface area contributed by atoms with E-state index in [1.165, 1.54) is 12.0 Å². The molecule has 132 valence electrons. The maximum absolute atomic E-state index is 13.1. The summed E-state index contributed by atoms with van der Waals surface area (Å²) in [6.45, 7) is 1.74. The zero-order valence-electron chi connectivity index (χ0n) is 14.1. The van der Waals surface area contributed by atoms with Gasteiger partial charge in [-0.2, -0.15) is 0 Å². The first-order valence-electron chi connectivity index (χ1n) is 7.79. The minimum absolute atomic E-state index is 0.263. The Morgan fingerprint density at radius 3 is 2.35 bits per heavy atom. The van der Waals surface area contributed by atoms with E-state index in [9.17, 15) is 9.59 Å². The highest BCUT2D eigenvalue weighted by molar-refractivity contribution is 9.10. The Kier molecular flexibility index (Phi) is 5.44. The molecule has 1 aliphatic rings. The van der Waals surface area contributed by atoms with Crippen molar-refractivity contribution >= 4 is 55.5 Å². The number of anilines is 1. The summed E-state index contributed by atoms with van der Waals surface area (Å²) < 4.78 is 6.65. The van der Waals surface area contributed by atoms with E-state index >= 15 is 0 Å². The molecule has 1 aliphatic heterocycles. The average Bonchev–Trinajstić information content (AvgIpc) is 2.84. The lowest BCUT2D eigenvalue weighted by molar-refractivity contribution is -0.136. The Labute approximate surface area is 168 Å². The summed E-state index contributed by atoms with van der Waals surface area (Å²) in [4.78, 5) is 27.0. The predicted octanol–water partition coefficient (Wildman–Crippen LogP) is 5.09. The highest BCUT2D eigenvalue weighted by Crippen LogP contribution is 2.36. The lowest BCUT2D eigenvalue weighted by Gasteiger charge is -2.18. The van der Waals surface area contributed by atoms with Gasteiger partial charge in [0.15, 0.2) is 0 Å². The van der Waals surface area contributed by atoms with Crippen molar-refractivity contribution in [3.8, 4) is 0 Å². The van der Waals surface area contributed by atoms with Gasteiger partial charge in [0.1, 0.15) is 0 Å². The number of nitrogens with zero attached hydrogens (tertiary/aromatic N) is 1. The molecule has 0 aliphatic carbocycles. The number of hydrogen-bond donors (Lipinski definition) is 0. The topological polar surface area (TPSA) is 46.6 Å². The van der Waals surface area contributed by atoms with Crippen LogP contribution in [0.25, 0.3) is 6.08 Å². The smallest absolute Gasteiger partial charge is 0.340 e. The first kappa shape index (κ1) is 18.6. The summed E-state index contributed by atoms with van der Waals surface area (Å²) in [6.07, 6.45) is 1.71. The minimum atomic E-state index is -0.533. The number of amides is 1. The third kappa shape index (κ3) is 3.52. The molecule has 0 N–H and O–H groups in total. The molecule has 6 heteroatoms. The fourth-order valence-corrected chi connectivity index (χ4v) is 3.67. The molecular weight excluding hydrogens is 462 g/mol. The van der Waals surface area contributed by atoms with E-state index in [-0.39, 0.29) is 11.5 Å². The Hall–Kier alpha value is -2.18. The van der Waals surface area contributed by atoms with Gasteiger partial charge in [0.25, 0.3) is 5.91 Å². The van der Waals surface area contributed by atoms with Gasteiger partial charge in [0, 0.05) is 14.6 Å². The number of ether oxygens (including phenoxy) is 1. The van der Waals surface area contributed by atoms with Crippen molar-refractivity contribution in [2.45, 2.75) is 6.92 Å². The molecule has 0 fully saturated rings. The number of rotatable bonds is 3. The quantitative estimate of drug-likeness (QED) is 0.458. The molecule has 0 bridgehead atoms. The van der Waals surface area contributed by atoms with Crippen molar-refractivity contribution in [2.75, 3.05) is 12.0 Å². The van der Waals surface area contributed by atoms with Crippen LogP contribution >= 0.6 is 31.9 Å². The number of esters is 1. The van der Waals surface area contributed by atoms with Crippen LogP contribution in [0, 0.1) is 0 Å². The molecule has 0 atom stereocenters. The molecule has 26 heavy (non-hydrogen) atoms. The van der Waals surface area contributed by atoms with E-state index in [4.69, 9.17) is 4.74 Å². The first-order chi connectivity index (χ1) is 12.4. The van der Waals surface area contributed by atoms with Gasteiger partial charge in [-0.1, -0.05) is 50.1 Å². The lowest BCUT2D eigenvalue weighted by Crippen LogP contribution is -2.24. The van der Waals surface area contributed by atoms with Gasteiger partial charge in [-0.25, -0.2) is 4.79 Å². The van der Waals surface area contributed by atoms with E-state index < -0.39 is 5.97 Å². The van der Waals surface area contributed by atoms with Crippen molar-refractivity contribution < 1.29 is 14.3 Å². The number of benzene rings is 2. The van der Waals surface area contributed by atoms with Crippen molar-refractivity contribution in [1.29, 1.82) is 0 Å². The van der Waals surface area contributed by atoms with Gasteiger partial charge in [0.05, 0.1) is 23.9 Å². The fourth-order valence-electron chi connectivity index (χ4n) is 2.87. The molecule has 1 amide bonds. The summed E-state index contributed by atoms with van der Waals surface area (Å²) in [5, 5.41) is 0. The van der Waals surface area contributed by atoms with Gasteiger partial charge in [-0.15, -0.1) is 0 Å². The van der Waals surface area contributed by atoms with E-state index in [2.05, 4.69) is 31.9 Å². The highest BCUT2D eigenvalue weighted by atomic mass is 79.9. The monoisotopic (exact) mass is 475 g/mol. The van der Waals surface area contributed by atoms with Crippen LogP contribution in [-0.2, 0) is 14.3 Å². The number of hydrogen-bond acceptors (Lipinski definition) is 3. The van der Waals surface area contributed by atoms with Gasteiger partial charge >= 0.3 is 5.97 Å². The summed E-state index contributed by atoms with van der Waals surface area (Å²) in [7, 11) is 1.31. The van der Waals surface area contributed by atoms with Gasteiger partial charge < -0.3 is 4.74 Å². The molecule has 2 aromatic rings. The molecule has 0 spiro atoms. The zero-order chi connectivity index (χ0) is 18.8. The molecule has 0 unspecified atom stereocenters. The normalized spacial score (nSPS) is 15.8. The van der Waals surface area contributed by atoms with Crippen LogP contribution in [0.1, 0.15) is 12.5 Å².